The van der Waals surface area contributed by atoms with Gasteiger partial charge in [-0.2, -0.15) is 0 Å². The average molecular weight is 850 g/mol. The number of hydrogen-bond donors (Lipinski definition) is 0. The number of carbonyl (C=O) groups is 2. The molecule has 0 spiro atoms. The summed E-state index contributed by atoms with van der Waals surface area (Å²) in [5.74, 6) is 2.26. The summed E-state index contributed by atoms with van der Waals surface area (Å²) in [5.41, 5.74) is 1.32. The number of benzene rings is 3. The third kappa shape index (κ3) is 8.23. The molecule has 0 saturated carbocycles. The van der Waals surface area contributed by atoms with Crippen LogP contribution in [0.15, 0.2) is 54.6 Å². The molecule has 4 heterocycles. The minimum atomic E-state index is -0.358. The molecule has 3 aromatic heterocycles. The molecule has 2 unspecified atom stereocenters. The van der Waals surface area contributed by atoms with Crippen molar-refractivity contribution in [3.8, 4) is 21.3 Å². The Labute approximate surface area is 364 Å². The molecular formula is C51H63NO4S3. The number of thiophene rings is 3. The zero-order chi connectivity index (χ0) is 42.2. The van der Waals surface area contributed by atoms with Gasteiger partial charge in [0.1, 0.15) is 11.5 Å². The molecule has 1 aliphatic rings. The standard InChI is InChI=1S/C51H63NO4S3/c1-11-16-21-31(13-3)29-55-42-35-27-38(57-44(35)43(56-30-32(14-4)22-17-12-2)36-28-39(58-45(36)42)51(9,10)15-5)46-40-41(47(59-46)50(6,7)8)49(54)52(48(40)53)37-26-20-24-33-23-18-19-25-34(33)37/h18-20,23-28,31-32H,11-17,21-22,29-30H2,1-10H3. The lowest BCUT2D eigenvalue weighted by Gasteiger charge is -2.20. The van der Waals surface area contributed by atoms with E-state index in [-0.39, 0.29) is 22.6 Å². The Balaban J connectivity index is 1.45. The van der Waals surface area contributed by atoms with Crippen LogP contribution < -0.4 is 14.4 Å². The second-order valence-corrected chi connectivity index (χ2v) is 21.4. The van der Waals surface area contributed by atoms with E-state index in [1.807, 2.05) is 53.8 Å². The van der Waals surface area contributed by atoms with Crippen LogP contribution in [0.3, 0.4) is 0 Å². The van der Waals surface area contributed by atoms with Gasteiger partial charge in [0, 0.05) is 30.8 Å². The van der Waals surface area contributed by atoms with E-state index in [4.69, 9.17) is 9.47 Å². The third-order valence-electron chi connectivity index (χ3n) is 12.6. The second-order valence-electron chi connectivity index (χ2n) is 18.3. The summed E-state index contributed by atoms with van der Waals surface area (Å²) in [5, 5.41) is 4.03. The highest BCUT2D eigenvalue weighted by molar-refractivity contribution is 7.27. The summed E-state index contributed by atoms with van der Waals surface area (Å²) in [7, 11) is 0. The fourth-order valence-electron chi connectivity index (χ4n) is 8.28. The molecule has 7 rings (SSSR count). The van der Waals surface area contributed by atoms with Crippen LogP contribution in [0.2, 0.25) is 0 Å². The van der Waals surface area contributed by atoms with Crippen LogP contribution in [0.4, 0.5) is 5.69 Å². The van der Waals surface area contributed by atoms with E-state index in [1.54, 1.807) is 22.7 Å². The summed E-state index contributed by atoms with van der Waals surface area (Å²) in [6.07, 6.45) is 10.2. The minimum Gasteiger partial charge on any atom is -0.491 e. The van der Waals surface area contributed by atoms with Gasteiger partial charge in [-0.3, -0.25) is 9.59 Å². The lowest BCUT2D eigenvalue weighted by Crippen LogP contribution is -2.30. The van der Waals surface area contributed by atoms with Gasteiger partial charge in [0.2, 0.25) is 0 Å². The first-order valence-corrected chi connectivity index (χ1v) is 24.6. The molecule has 2 amide bonds. The SMILES string of the molecule is CCCCC(CC)COc1c2cc(C(C)(C)CC)sc2c(OCC(CC)CCCC)c2cc(-c3sc(C(C)(C)C)c4c3C(=O)N(c3cccc5ccccc35)C4=O)sc12. The van der Waals surface area contributed by atoms with Crippen molar-refractivity contribution in [2.45, 2.75) is 138 Å². The Bertz CT molecular complexity index is 2400. The normalized spacial score (nSPS) is 14.6. The van der Waals surface area contributed by atoms with Crippen LogP contribution in [0, 0.1) is 11.8 Å². The lowest BCUT2D eigenvalue weighted by molar-refractivity contribution is 0.0926. The molecule has 8 heteroatoms. The predicted molar refractivity (Wildman–Crippen MR) is 255 cm³/mol. The van der Waals surface area contributed by atoms with Crippen LogP contribution in [-0.2, 0) is 10.8 Å². The number of hydrogen-bond acceptors (Lipinski definition) is 7. The summed E-state index contributed by atoms with van der Waals surface area (Å²) >= 11 is 5.12. The van der Waals surface area contributed by atoms with Gasteiger partial charge in [0.05, 0.1) is 44.3 Å². The van der Waals surface area contributed by atoms with E-state index < -0.39 is 0 Å². The second kappa shape index (κ2) is 17.7. The fraction of sp³-hybridized carbons (Fsp3) is 0.490. The Morgan fingerprint density at radius 2 is 1.24 bits per heavy atom. The number of carbonyl (C=O) groups excluding carboxylic acids is 2. The quantitative estimate of drug-likeness (QED) is 0.0809. The van der Waals surface area contributed by atoms with Gasteiger partial charge < -0.3 is 9.47 Å². The number of rotatable bonds is 18. The summed E-state index contributed by atoms with van der Waals surface area (Å²) in [6, 6.07) is 18.4. The average Bonchev–Trinajstić information content (AvgIpc) is 4.01. The molecule has 0 bridgehead atoms. The summed E-state index contributed by atoms with van der Waals surface area (Å²) in [6.45, 7) is 23.7. The minimum absolute atomic E-state index is 0.000698. The van der Waals surface area contributed by atoms with Crippen LogP contribution in [-0.4, -0.2) is 25.0 Å². The molecule has 3 aromatic carbocycles. The van der Waals surface area contributed by atoms with Crippen molar-refractivity contribution in [1.82, 2.24) is 0 Å². The Morgan fingerprint density at radius 1 is 0.661 bits per heavy atom. The highest BCUT2D eigenvalue weighted by Crippen LogP contribution is 2.56. The summed E-state index contributed by atoms with van der Waals surface area (Å²) < 4.78 is 16.4. The third-order valence-corrected chi connectivity index (χ3v) is 17.0. The largest absolute Gasteiger partial charge is 0.491 e. The maximum absolute atomic E-state index is 14.9. The van der Waals surface area contributed by atoms with Crippen LogP contribution >= 0.6 is 34.0 Å². The number of anilines is 1. The fourth-order valence-corrected chi connectivity index (χ4v) is 12.2. The Morgan fingerprint density at radius 3 is 1.83 bits per heavy atom. The van der Waals surface area contributed by atoms with Gasteiger partial charge >= 0.3 is 0 Å². The van der Waals surface area contributed by atoms with Gasteiger partial charge in [-0.05, 0) is 65.5 Å². The number of imide groups is 1. The van der Waals surface area contributed by atoms with Crippen LogP contribution in [0.25, 0.3) is 40.7 Å². The number of unbranched alkanes of at least 4 members (excludes halogenated alkanes) is 2. The highest BCUT2D eigenvalue weighted by atomic mass is 32.1. The first-order valence-electron chi connectivity index (χ1n) is 22.1. The maximum Gasteiger partial charge on any atom is 0.267 e. The zero-order valence-corrected chi connectivity index (χ0v) is 39.4. The van der Waals surface area contributed by atoms with Crippen molar-refractivity contribution < 1.29 is 19.1 Å². The van der Waals surface area contributed by atoms with E-state index in [0.717, 1.165) is 89.2 Å². The van der Waals surface area contributed by atoms with Crippen molar-refractivity contribution in [3.63, 3.8) is 0 Å². The molecule has 5 nitrogen and oxygen atoms in total. The predicted octanol–water partition coefficient (Wildman–Crippen LogP) is 16.0. The first-order chi connectivity index (χ1) is 28.3. The van der Waals surface area contributed by atoms with Crippen molar-refractivity contribution in [2.24, 2.45) is 11.8 Å². The number of fused-ring (bicyclic) bond motifs is 4. The molecule has 0 saturated heterocycles. The smallest absolute Gasteiger partial charge is 0.267 e. The van der Waals surface area contributed by atoms with Gasteiger partial charge in [-0.1, -0.05) is 144 Å². The molecule has 0 radical (unpaired) electrons. The van der Waals surface area contributed by atoms with Crippen molar-refractivity contribution in [3.05, 3.63) is 75.5 Å². The van der Waals surface area contributed by atoms with Crippen molar-refractivity contribution in [2.75, 3.05) is 18.1 Å². The lowest BCUT2D eigenvalue weighted by atomic mass is 9.88. The molecule has 314 valence electrons. The molecular weight excluding hydrogens is 787 g/mol. The number of nitrogens with zero attached hydrogens (tertiary/aromatic N) is 1. The molecule has 1 aliphatic heterocycles. The first kappa shape index (κ1) is 43.4. The van der Waals surface area contributed by atoms with Gasteiger partial charge in [0.25, 0.3) is 11.8 Å². The highest BCUT2D eigenvalue weighted by Gasteiger charge is 2.45. The van der Waals surface area contributed by atoms with E-state index in [9.17, 15) is 9.59 Å². The Kier molecular flexibility index (Phi) is 13.0. The van der Waals surface area contributed by atoms with E-state index in [1.165, 1.54) is 35.5 Å². The summed E-state index contributed by atoms with van der Waals surface area (Å²) in [4.78, 5) is 35.1. The van der Waals surface area contributed by atoms with Crippen molar-refractivity contribution in [1.29, 1.82) is 0 Å². The molecule has 2 atom stereocenters. The molecule has 0 N–H and O–H groups in total. The van der Waals surface area contributed by atoms with Gasteiger partial charge in [0.15, 0.2) is 0 Å². The maximum atomic E-state index is 14.9. The Hall–Kier alpha value is -3.72. The van der Waals surface area contributed by atoms with E-state index >= 15 is 0 Å². The molecule has 0 aliphatic carbocycles. The number of ether oxygens (including phenoxy) is 2. The topological polar surface area (TPSA) is 55.8 Å². The van der Waals surface area contributed by atoms with Crippen LogP contribution in [0.5, 0.6) is 11.5 Å². The van der Waals surface area contributed by atoms with Gasteiger partial charge in [-0.15, -0.1) is 34.0 Å². The van der Waals surface area contributed by atoms with Crippen molar-refractivity contribution >= 4 is 82.5 Å². The van der Waals surface area contributed by atoms with Gasteiger partial charge in [-0.25, -0.2) is 4.90 Å². The molecule has 6 aromatic rings. The monoisotopic (exact) mass is 849 g/mol. The molecule has 59 heavy (non-hydrogen) atoms. The number of amides is 2. The zero-order valence-electron chi connectivity index (χ0n) is 36.9. The van der Waals surface area contributed by atoms with E-state index in [2.05, 4.69) is 81.4 Å². The van der Waals surface area contributed by atoms with E-state index in [0.29, 0.717) is 41.9 Å². The van der Waals surface area contributed by atoms with Crippen LogP contribution in [0.1, 0.15) is 157 Å². The molecule has 0 fully saturated rings.